The lowest BCUT2D eigenvalue weighted by Crippen LogP contribution is -2.29. The quantitative estimate of drug-likeness (QED) is 0.518. The standard InChI is InChI=1S/C17H35N/c1-5-13-18-14-16-10-8-6-7-9-15(16)11-12-17(2,3)4/h15-16,18H,5-14H2,1-4H3. The average Bonchev–Trinajstić information content (AvgIpc) is 2.51. The summed E-state index contributed by atoms with van der Waals surface area (Å²) in [4.78, 5) is 0. The topological polar surface area (TPSA) is 12.0 Å². The van der Waals surface area contributed by atoms with Crippen molar-refractivity contribution in [1.82, 2.24) is 5.32 Å². The van der Waals surface area contributed by atoms with Crippen molar-refractivity contribution in [2.75, 3.05) is 13.1 Å². The molecular formula is C17H35N. The summed E-state index contributed by atoms with van der Waals surface area (Å²) >= 11 is 0. The van der Waals surface area contributed by atoms with Gasteiger partial charge in [-0.15, -0.1) is 0 Å². The number of hydrogen-bond acceptors (Lipinski definition) is 1. The van der Waals surface area contributed by atoms with Crippen molar-refractivity contribution in [3.05, 3.63) is 0 Å². The second kappa shape index (κ2) is 8.19. The van der Waals surface area contributed by atoms with Gasteiger partial charge in [-0.3, -0.25) is 0 Å². The van der Waals surface area contributed by atoms with Crippen LogP contribution < -0.4 is 5.32 Å². The molecule has 108 valence electrons. The largest absolute Gasteiger partial charge is 0.316 e. The van der Waals surface area contributed by atoms with E-state index in [1.807, 2.05) is 0 Å². The minimum absolute atomic E-state index is 0.508. The van der Waals surface area contributed by atoms with Crippen LogP contribution in [0.2, 0.25) is 0 Å². The molecule has 1 nitrogen and oxygen atoms in total. The normalized spacial score (nSPS) is 26.0. The molecule has 0 aromatic carbocycles. The maximum absolute atomic E-state index is 3.66. The van der Waals surface area contributed by atoms with E-state index in [4.69, 9.17) is 0 Å². The molecule has 0 saturated heterocycles. The van der Waals surface area contributed by atoms with Gasteiger partial charge in [0.25, 0.3) is 0 Å². The van der Waals surface area contributed by atoms with Gasteiger partial charge in [-0.05, 0) is 56.0 Å². The lowest BCUT2D eigenvalue weighted by atomic mass is 9.79. The van der Waals surface area contributed by atoms with Crippen LogP contribution in [0.3, 0.4) is 0 Å². The van der Waals surface area contributed by atoms with E-state index < -0.39 is 0 Å². The summed E-state index contributed by atoms with van der Waals surface area (Å²) in [7, 11) is 0. The molecule has 1 fully saturated rings. The third-order valence-electron chi connectivity index (χ3n) is 4.41. The van der Waals surface area contributed by atoms with Gasteiger partial charge in [0.15, 0.2) is 0 Å². The third-order valence-corrected chi connectivity index (χ3v) is 4.41. The zero-order valence-electron chi connectivity index (χ0n) is 13.2. The fourth-order valence-corrected chi connectivity index (χ4v) is 3.19. The van der Waals surface area contributed by atoms with E-state index in [0.717, 1.165) is 11.8 Å². The maximum atomic E-state index is 3.66. The first kappa shape index (κ1) is 16.0. The maximum Gasteiger partial charge on any atom is -0.00179 e. The highest BCUT2D eigenvalue weighted by Crippen LogP contribution is 2.34. The molecule has 2 unspecified atom stereocenters. The van der Waals surface area contributed by atoms with Crippen LogP contribution in [0.5, 0.6) is 0 Å². The van der Waals surface area contributed by atoms with Crippen molar-refractivity contribution in [3.8, 4) is 0 Å². The molecule has 1 aliphatic carbocycles. The van der Waals surface area contributed by atoms with Crippen molar-refractivity contribution in [2.24, 2.45) is 17.3 Å². The molecule has 0 heterocycles. The highest BCUT2D eigenvalue weighted by atomic mass is 14.9. The van der Waals surface area contributed by atoms with E-state index in [1.54, 1.807) is 0 Å². The van der Waals surface area contributed by atoms with Crippen LogP contribution in [-0.2, 0) is 0 Å². The van der Waals surface area contributed by atoms with Crippen molar-refractivity contribution >= 4 is 0 Å². The summed E-state index contributed by atoms with van der Waals surface area (Å²) in [5.41, 5.74) is 0.508. The molecule has 0 aromatic rings. The molecule has 0 aliphatic heterocycles. The zero-order chi connectivity index (χ0) is 13.4. The third kappa shape index (κ3) is 6.78. The first-order chi connectivity index (χ1) is 8.53. The molecule has 1 N–H and O–H groups in total. The Balaban J connectivity index is 2.41. The van der Waals surface area contributed by atoms with Crippen molar-refractivity contribution < 1.29 is 0 Å². The average molecular weight is 253 g/mol. The summed E-state index contributed by atoms with van der Waals surface area (Å²) in [5, 5.41) is 3.66. The number of rotatable bonds is 6. The van der Waals surface area contributed by atoms with Crippen LogP contribution in [0.15, 0.2) is 0 Å². The van der Waals surface area contributed by atoms with Crippen LogP contribution >= 0.6 is 0 Å². The molecule has 1 rings (SSSR count). The van der Waals surface area contributed by atoms with Gasteiger partial charge < -0.3 is 5.32 Å². The zero-order valence-corrected chi connectivity index (χ0v) is 13.2. The number of nitrogens with one attached hydrogen (secondary N) is 1. The van der Waals surface area contributed by atoms with Gasteiger partial charge in [0.05, 0.1) is 0 Å². The summed E-state index contributed by atoms with van der Waals surface area (Å²) in [6.07, 6.45) is 11.4. The Hall–Kier alpha value is -0.0400. The van der Waals surface area contributed by atoms with E-state index in [-0.39, 0.29) is 0 Å². The first-order valence-electron chi connectivity index (χ1n) is 8.23. The van der Waals surface area contributed by atoms with E-state index in [9.17, 15) is 0 Å². The lowest BCUT2D eigenvalue weighted by Gasteiger charge is -2.28. The van der Waals surface area contributed by atoms with Crippen LogP contribution in [0.25, 0.3) is 0 Å². The van der Waals surface area contributed by atoms with E-state index in [2.05, 4.69) is 33.0 Å². The Morgan fingerprint density at radius 3 is 2.28 bits per heavy atom. The van der Waals surface area contributed by atoms with Gasteiger partial charge in [0.1, 0.15) is 0 Å². The van der Waals surface area contributed by atoms with Crippen molar-refractivity contribution in [1.29, 1.82) is 0 Å². The van der Waals surface area contributed by atoms with Crippen molar-refractivity contribution in [2.45, 2.75) is 79.1 Å². The Bertz CT molecular complexity index is 204. The second-order valence-corrected chi connectivity index (χ2v) is 7.46. The summed E-state index contributed by atoms with van der Waals surface area (Å²) < 4.78 is 0. The van der Waals surface area contributed by atoms with Crippen molar-refractivity contribution in [3.63, 3.8) is 0 Å². The smallest absolute Gasteiger partial charge is 0.00179 e. The molecule has 18 heavy (non-hydrogen) atoms. The highest BCUT2D eigenvalue weighted by Gasteiger charge is 2.24. The van der Waals surface area contributed by atoms with Gasteiger partial charge >= 0.3 is 0 Å². The molecule has 2 atom stereocenters. The van der Waals surface area contributed by atoms with Crippen LogP contribution in [-0.4, -0.2) is 13.1 Å². The van der Waals surface area contributed by atoms with Gasteiger partial charge in [0.2, 0.25) is 0 Å². The Morgan fingerprint density at radius 1 is 1.00 bits per heavy atom. The van der Waals surface area contributed by atoms with E-state index in [0.29, 0.717) is 5.41 Å². The summed E-state index contributed by atoms with van der Waals surface area (Å²) in [6, 6.07) is 0. The van der Waals surface area contributed by atoms with Crippen LogP contribution in [0.4, 0.5) is 0 Å². The van der Waals surface area contributed by atoms with Crippen LogP contribution in [0.1, 0.15) is 79.1 Å². The molecule has 1 aliphatic rings. The van der Waals surface area contributed by atoms with Gasteiger partial charge in [-0.25, -0.2) is 0 Å². The predicted molar refractivity (Wildman–Crippen MR) is 81.9 cm³/mol. The monoisotopic (exact) mass is 253 g/mol. The molecule has 0 amide bonds. The molecule has 1 heteroatoms. The minimum atomic E-state index is 0.508. The van der Waals surface area contributed by atoms with E-state index >= 15 is 0 Å². The lowest BCUT2D eigenvalue weighted by molar-refractivity contribution is 0.240. The fourth-order valence-electron chi connectivity index (χ4n) is 3.19. The number of hydrogen-bond donors (Lipinski definition) is 1. The molecule has 0 spiro atoms. The van der Waals surface area contributed by atoms with Gasteiger partial charge in [-0.2, -0.15) is 0 Å². The van der Waals surface area contributed by atoms with E-state index in [1.165, 1.54) is 64.5 Å². The molecule has 0 radical (unpaired) electrons. The summed E-state index contributed by atoms with van der Waals surface area (Å²) in [6.45, 7) is 11.9. The SMILES string of the molecule is CCCNCC1CCCCCC1CCC(C)(C)C. The van der Waals surface area contributed by atoms with Crippen LogP contribution in [0, 0.1) is 17.3 Å². The first-order valence-corrected chi connectivity index (χ1v) is 8.23. The van der Waals surface area contributed by atoms with Gasteiger partial charge in [0, 0.05) is 0 Å². The molecule has 0 bridgehead atoms. The van der Waals surface area contributed by atoms with Gasteiger partial charge in [-0.1, -0.05) is 53.4 Å². The Morgan fingerprint density at radius 2 is 1.67 bits per heavy atom. The Kier molecular flexibility index (Phi) is 7.29. The Labute approximate surface area is 115 Å². The fraction of sp³-hybridized carbons (Fsp3) is 1.00. The second-order valence-electron chi connectivity index (χ2n) is 7.46. The minimum Gasteiger partial charge on any atom is -0.316 e. The molecular weight excluding hydrogens is 218 g/mol. The molecule has 0 aromatic heterocycles. The predicted octanol–water partition coefficient (Wildman–Crippen LogP) is 5.01. The molecule has 1 saturated carbocycles. The summed E-state index contributed by atoms with van der Waals surface area (Å²) in [5.74, 6) is 1.93. The highest BCUT2D eigenvalue weighted by molar-refractivity contribution is 4.77.